The van der Waals surface area contributed by atoms with E-state index in [4.69, 9.17) is 4.74 Å². The largest absolute Gasteiger partial charge is 0.461 e. The van der Waals surface area contributed by atoms with Gasteiger partial charge in [-0.3, -0.25) is 9.88 Å². The number of hydrogen-bond acceptors (Lipinski definition) is 7. The SMILES string of the molecule is OC1(C(F)(F)F)CCCN(c2nc(OCC34CCCN3CC(F)C4)nc3c(F)c(-c4c[nH]c5cccc(C(F)(F)F)c45)ncc23)C1. The molecule has 2 N–H and O–H groups in total. The Kier molecular flexibility index (Phi) is 7.12. The molecular formula is C30H28F8N6O2. The van der Waals surface area contributed by atoms with E-state index < -0.39 is 71.2 Å². The highest BCUT2D eigenvalue weighted by Crippen LogP contribution is 2.44. The van der Waals surface area contributed by atoms with Crippen molar-refractivity contribution in [2.45, 2.75) is 61.8 Å². The minimum atomic E-state index is -4.97. The Balaban J connectivity index is 1.36. The van der Waals surface area contributed by atoms with Gasteiger partial charge in [0.25, 0.3) is 0 Å². The van der Waals surface area contributed by atoms with Crippen LogP contribution in [0, 0.1) is 5.82 Å². The van der Waals surface area contributed by atoms with Gasteiger partial charge in [0, 0.05) is 48.4 Å². The standard InChI is InChI=1S/C30H28F8N6O2/c31-16-10-27(6-2-9-44(27)13-16)15-46-26-41-24-18(25(42-26)43-8-3-7-28(45,14-43)30(36,37)38)12-40-23(22(24)32)17-11-39-20-5-1-4-19(21(17)20)29(33,34)35/h1,4-5,11-12,16,39,45H,2-3,6-10,13-15H2. The van der Waals surface area contributed by atoms with Gasteiger partial charge in [-0.2, -0.15) is 36.3 Å². The molecule has 7 rings (SSSR count). The summed E-state index contributed by atoms with van der Waals surface area (Å²) < 4.78 is 120. The third-order valence-corrected chi connectivity index (χ3v) is 9.44. The van der Waals surface area contributed by atoms with Crippen molar-refractivity contribution in [3.05, 3.63) is 42.0 Å². The molecular weight excluding hydrogens is 628 g/mol. The number of anilines is 1. The van der Waals surface area contributed by atoms with Crippen molar-refractivity contribution < 1.29 is 45.0 Å². The number of benzene rings is 1. The van der Waals surface area contributed by atoms with Gasteiger partial charge in [0.05, 0.1) is 23.0 Å². The van der Waals surface area contributed by atoms with E-state index in [1.54, 1.807) is 0 Å². The quantitative estimate of drug-likeness (QED) is 0.248. The summed E-state index contributed by atoms with van der Waals surface area (Å²) in [4.78, 5) is 18.5. The molecule has 0 amide bonds. The van der Waals surface area contributed by atoms with E-state index in [1.165, 1.54) is 18.3 Å². The molecule has 0 bridgehead atoms. The van der Waals surface area contributed by atoms with E-state index >= 15 is 4.39 Å². The Hall–Kier alpha value is -3.79. The highest BCUT2D eigenvalue weighted by atomic mass is 19.4. The summed E-state index contributed by atoms with van der Waals surface area (Å²) in [6, 6.07) is 3.06. The number of halogens is 8. The number of alkyl halides is 7. The number of nitrogens with one attached hydrogen (secondary N) is 1. The lowest BCUT2D eigenvalue weighted by atomic mass is 9.92. The second kappa shape index (κ2) is 10.6. The topological polar surface area (TPSA) is 90.4 Å². The Bertz CT molecular complexity index is 1810. The number of piperidine rings is 1. The molecule has 3 aromatic heterocycles. The highest BCUT2D eigenvalue weighted by molar-refractivity contribution is 6.00. The smallest absolute Gasteiger partial charge is 0.418 e. The number of β-amino-alcohol motifs (C(OH)–C–C–N with tert-alkyl or cyclic N) is 1. The van der Waals surface area contributed by atoms with Crippen molar-refractivity contribution >= 4 is 27.6 Å². The Morgan fingerprint density at radius 1 is 1.07 bits per heavy atom. The number of nitrogens with zero attached hydrogens (tertiary/aromatic N) is 5. The van der Waals surface area contributed by atoms with Crippen molar-refractivity contribution in [2.24, 2.45) is 0 Å². The van der Waals surface area contributed by atoms with Crippen LogP contribution in [-0.2, 0) is 6.18 Å². The summed E-state index contributed by atoms with van der Waals surface area (Å²) in [5.41, 5.74) is -5.78. The number of fused-ring (bicyclic) bond motifs is 3. The Labute approximate surface area is 256 Å². The molecule has 3 aliphatic rings. The first-order valence-corrected chi connectivity index (χ1v) is 14.8. The molecule has 0 saturated carbocycles. The summed E-state index contributed by atoms with van der Waals surface area (Å²) in [5, 5.41) is 10.1. The van der Waals surface area contributed by atoms with Crippen LogP contribution in [0.2, 0.25) is 0 Å². The number of aliphatic hydroxyl groups is 1. The molecule has 0 aliphatic carbocycles. The molecule has 1 aromatic carbocycles. The number of ether oxygens (including phenoxy) is 1. The number of rotatable bonds is 5. The van der Waals surface area contributed by atoms with Crippen molar-refractivity contribution in [2.75, 3.05) is 37.7 Å². The molecule has 16 heteroatoms. The lowest BCUT2D eigenvalue weighted by molar-refractivity contribution is -0.261. The van der Waals surface area contributed by atoms with Gasteiger partial charge >= 0.3 is 18.4 Å². The molecule has 6 heterocycles. The first kappa shape index (κ1) is 30.8. The van der Waals surface area contributed by atoms with Crippen LogP contribution in [0.15, 0.2) is 30.6 Å². The van der Waals surface area contributed by atoms with Gasteiger partial charge in [-0.15, -0.1) is 0 Å². The van der Waals surface area contributed by atoms with Crippen molar-refractivity contribution in [1.29, 1.82) is 0 Å². The third kappa shape index (κ3) is 5.00. The molecule has 4 aromatic rings. The van der Waals surface area contributed by atoms with Crippen LogP contribution in [0.25, 0.3) is 33.1 Å². The fraction of sp³-hybridized carbons (Fsp3) is 0.500. The number of pyridine rings is 1. The van der Waals surface area contributed by atoms with Gasteiger partial charge < -0.3 is 19.7 Å². The molecule has 3 aliphatic heterocycles. The molecule has 3 fully saturated rings. The van der Waals surface area contributed by atoms with E-state index in [-0.39, 0.29) is 60.2 Å². The summed E-state index contributed by atoms with van der Waals surface area (Å²) in [5.74, 6) is -1.33. The van der Waals surface area contributed by atoms with E-state index in [1.807, 2.05) is 4.90 Å². The molecule has 3 saturated heterocycles. The van der Waals surface area contributed by atoms with Gasteiger partial charge in [-0.05, 0) is 44.4 Å². The zero-order chi connectivity index (χ0) is 32.6. The van der Waals surface area contributed by atoms with Gasteiger partial charge in [-0.25, -0.2) is 8.78 Å². The van der Waals surface area contributed by atoms with Crippen molar-refractivity contribution in [3.63, 3.8) is 0 Å². The third-order valence-electron chi connectivity index (χ3n) is 9.44. The molecule has 3 unspecified atom stereocenters. The number of aromatic nitrogens is 4. The fourth-order valence-corrected chi connectivity index (χ4v) is 7.22. The fourth-order valence-electron chi connectivity index (χ4n) is 7.22. The summed E-state index contributed by atoms with van der Waals surface area (Å²) in [7, 11) is 0. The average Bonchev–Trinajstić information content (AvgIpc) is 3.67. The molecule has 0 radical (unpaired) electrons. The molecule has 246 valence electrons. The maximum atomic E-state index is 16.5. The first-order chi connectivity index (χ1) is 21.7. The summed E-state index contributed by atoms with van der Waals surface area (Å²) in [6.45, 7) is -0.0748. The Morgan fingerprint density at radius 2 is 1.85 bits per heavy atom. The lowest BCUT2D eigenvalue weighted by Gasteiger charge is -2.40. The van der Waals surface area contributed by atoms with Crippen LogP contribution in [0.5, 0.6) is 6.01 Å². The minimum Gasteiger partial charge on any atom is -0.461 e. The maximum absolute atomic E-state index is 16.5. The van der Waals surface area contributed by atoms with E-state index in [2.05, 4.69) is 19.9 Å². The van der Waals surface area contributed by atoms with Gasteiger partial charge in [0.15, 0.2) is 11.4 Å². The average molecular weight is 657 g/mol. The minimum absolute atomic E-state index is 0.0198. The number of H-pyrrole nitrogens is 1. The molecule has 46 heavy (non-hydrogen) atoms. The summed E-state index contributed by atoms with van der Waals surface area (Å²) >= 11 is 0. The zero-order valence-corrected chi connectivity index (χ0v) is 24.2. The highest BCUT2D eigenvalue weighted by Gasteiger charge is 2.56. The van der Waals surface area contributed by atoms with Gasteiger partial charge in [0.1, 0.15) is 29.8 Å². The van der Waals surface area contributed by atoms with Gasteiger partial charge in [0.2, 0.25) is 0 Å². The Morgan fingerprint density at radius 3 is 2.61 bits per heavy atom. The van der Waals surface area contributed by atoms with E-state index in [0.29, 0.717) is 13.0 Å². The van der Waals surface area contributed by atoms with Crippen LogP contribution >= 0.6 is 0 Å². The number of aromatic amines is 1. The van der Waals surface area contributed by atoms with Crippen LogP contribution < -0.4 is 9.64 Å². The van der Waals surface area contributed by atoms with Crippen molar-refractivity contribution in [3.8, 4) is 17.3 Å². The normalized spacial score (nSPS) is 25.9. The monoisotopic (exact) mass is 656 g/mol. The van der Waals surface area contributed by atoms with Gasteiger partial charge in [-0.1, -0.05) is 6.07 Å². The second-order valence-corrected chi connectivity index (χ2v) is 12.4. The van der Waals surface area contributed by atoms with Crippen LogP contribution in [0.3, 0.4) is 0 Å². The zero-order valence-electron chi connectivity index (χ0n) is 24.2. The van der Waals surface area contributed by atoms with E-state index in [0.717, 1.165) is 23.6 Å². The molecule has 3 atom stereocenters. The first-order valence-electron chi connectivity index (χ1n) is 14.8. The predicted molar refractivity (Wildman–Crippen MR) is 151 cm³/mol. The lowest BCUT2D eigenvalue weighted by Crippen LogP contribution is -2.57. The maximum Gasteiger partial charge on any atom is 0.418 e. The van der Waals surface area contributed by atoms with Crippen LogP contribution in [-0.4, -0.2) is 86.2 Å². The van der Waals surface area contributed by atoms with Crippen LogP contribution in [0.4, 0.5) is 40.9 Å². The summed E-state index contributed by atoms with van der Waals surface area (Å²) in [6.07, 6.45) is -7.53. The number of hydrogen-bond donors (Lipinski definition) is 2. The van der Waals surface area contributed by atoms with E-state index in [9.17, 15) is 35.8 Å². The second-order valence-electron chi connectivity index (χ2n) is 12.4. The van der Waals surface area contributed by atoms with Crippen LogP contribution in [0.1, 0.15) is 37.7 Å². The predicted octanol–water partition coefficient (Wildman–Crippen LogP) is 6.18. The molecule has 0 spiro atoms. The van der Waals surface area contributed by atoms with Crippen molar-refractivity contribution in [1.82, 2.24) is 24.8 Å². The molecule has 8 nitrogen and oxygen atoms in total.